The van der Waals surface area contributed by atoms with Gasteiger partial charge in [0.15, 0.2) is 0 Å². The smallest absolute Gasteiger partial charge is 0.273 e. The van der Waals surface area contributed by atoms with Gasteiger partial charge in [0.2, 0.25) is 10.0 Å². The van der Waals surface area contributed by atoms with Crippen LogP contribution >= 0.6 is 0 Å². The van der Waals surface area contributed by atoms with Gasteiger partial charge >= 0.3 is 0 Å². The first-order valence-corrected chi connectivity index (χ1v) is 14.2. The van der Waals surface area contributed by atoms with Gasteiger partial charge in [-0.05, 0) is 48.3 Å². The maximum Gasteiger partial charge on any atom is 0.273 e. The summed E-state index contributed by atoms with van der Waals surface area (Å²) in [6, 6.07) is 13.7. The first kappa shape index (κ1) is 24.6. The molecular weight excluding hydrogens is 500 g/mol. The minimum Gasteiger partial charge on any atom is -0.377 e. The first-order valence-electron chi connectivity index (χ1n) is 12.7. The van der Waals surface area contributed by atoms with Crippen molar-refractivity contribution in [3.63, 3.8) is 0 Å². The Bertz CT molecular complexity index is 1740. The lowest BCUT2D eigenvalue weighted by molar-refractivity contribution is -0.0286. The van der Waals surface area contributed by atoms with Crippen LogP contribution in [0.5, 0.6) is 0 Å². The molecule has 1 fully saturated rings. The van der Waals surface area contributed by atoms with Gasteiger partial charge in [0.25, 0.3) is 5.56 Å². The fourth-order valence-electron chi connectivity index (χ4n) is 5.58. The Morgan fingerprint density at radius 3 is 2.63 bits per heavy atom. The summed E-state index contributed by atoms with van der Waals surface area (Å²) < 4.78 is 36.1. The average Bonchev–Trinajstić information content (AvgIpc) is 3.53. The lowest BCUT2D eigenvalue weighted by Crippen LogP contribution is -2.47. The summed E-state index contributed by atoms with van der Waals surface area (Å²) in [5.74, 6) is -0.472. The third-order valence-corrected chi connectivity index (χ3v) is 10.7. The second kappa shape index (κ2) is 8.96. The number of hydrogen-bond donors (Lipinski definition) is 1. The van der Waals surface area contributed by atoms with E-state index < -0.39 is 26.2 Å². The van der Waals surface area contributed by atoms with E-state index in [9.17, 15) is 13.2 Å². The Kier molecular flexibility index (Phi) is 5.81. The van der Waals surface area contributed by atoms with Crippen LogP contribution < -0.4 is 5.56 Å². The molecule has 2 aliphatic rings. The van der Waals surface area contributed by atoms with Crippen molar-refractivity contribution in [2.45, 2.75) is 43.4 Å². The van der Waals surface area contributed by atoms with E-state index in [1.165, 1.54) is 12.4 Å². The van der Waals surface area contributed by atoms with Crippen molar-refractivity contribution >= 4 is 20.9 Å². The number of aromatic amines is 1. The molecule has 0 radical (unpaired) electrons. The Labute approximate surface area is 221 Å². The molecule has 8 nitrogen and oxygen atoms in total. The minimum atomic E-state index is -4.11. The Morgan fingerprint density at radius 2 is 1.92 bits per heavy atom. The van der Waals surface area contributed by atoms with Gasteiger partial charge in [-0.25, -0.2) is 12.4 Å². The van der Waals surface area contributed by atoms with Gasteiger partial charge in [-0.3, -0.25) is 9.48 Å². The van der Waals surface area contributed by atoms with Gasteiger partial charge in [0.1, 0.15) is 10.3 Å². The molecule has 6 rings (SSSR count). The van der Waals surface area contributed by atoms with Crippen LogP contribution in [0.2, 0.25) is 0 Å². The number of hydrogen-bond acceptors (Lipinski definition) is 5. The number of rotatable bonds is 6. The molecule has 1 aliphatic carbocycles. The number of nitrogens with zero attached hydrogens (tertiary/aromatic N) is 3. The van der Waals surface area contributed by atoms with Gasteiger partial charge in [0, 0.05) is 35.8 Å². The molecule has 1 aromatic carbocycles. The van der Waals surface area contributed by atoms with E-state index in [1.54, 1.807) is 25.3 Å². The summed E-state index contributed by atoms with van der Waals surface area (Å²) in [5, 5.41) is 5.14. The van der Waals surface area contributed by atoms with Crippen molar-refractivity contribution in [2.75, 3.05) is 13.2 Å². The zero-order chi connectivity index (χ0) is 26.7. The van der Waals surface area contributed by atoms with Crippen LogP contribution in [0.3, 0.4) is 0 Å². The number of allylic oxidation sites excluding steroid dienone is 3. The molecule has 3 atom stereocenters. The summed E-state index contributed by atoms with van der Waals surface area (Å²) in [7, 11) is -4.11. The molecule has 3 unspecified atom stereocenters. The predicted molar refractivity (Wildman–Crippen MR) is 147 cm³/mol. The molecule has 0 bridgehead atoms. The fourth-order valence-corrected chi connectivity index (χ4v) is 7.63. The van der Waals surface area contributed by atoms with Gasteiger partial charge in [-0.15, -0.1) is 0 Å². The molecule has 196 valence electrons. The second-order valence-electron chi connectivity index (χ2n) is 10.4. The van der Waals surface area contributed by atoms with Crippen molar-refractivity contribution in [1.82, 2.24) is 18.7 Å². The minimum absolute atomic E-state index is 0.0613. The van der Waals surface area contributed by atoms with Crippen LogP contribution in [0.4, 0.5) is 0 Å². The third-order valence-electron chi connectivity index (χ3n) is 8.26. The van der Waals surface area contributed by atoms with Crippen LogP contribution in [-0.2, 0) is 14.8 Å². The van der Waals surface area contributed by atoms with E-state index in [2.05, 4.69) is 35.2 Å². The number of fused-ring (bicyclic) bond motifs is 1. The molecular formula is C29H30N4O4S. The number of benzene rings is 1. The Balaban J connectivity index is 1.53. The largest absolute Gasteiger partial charge is 0.377 e. The van der Waals surface area contributed by atoms with E-state index >= 15 is 0 Å². The molecule has 1 N–H and O–H groups in total. The summed E-state index contributed by atoms with van der Waals surface area (Å²) in [6.45, 7) is 6.93. The highest BCUT2D eigenvalue weighted by atomic mass is 32.2. The van der Waals surface area contributed by atoms with Crippen molar-refractivity contribution in [3.8, 4) is 0 Å². The SMILES string of the molecule is CC1=CC(C(C)c2ccccc2)=CC(c2cnn(C3COC3)c2)C1(C)S(=O)(=O)n1ccc2cc[nH]c(=O)c21. The second-order valence-corrected chi connectivity index (χ2v) is 12.6. The lowest BCUT2D eigenvalue weighted by Gasteiger charge is -2.40. The summed E-state index contributed by atoms with van der Waals surface area (Å²) in [5.41, 5.74) is 3.38. The molecule has 38 heavy (non-hydrogen) atoms. The van der Waals surface area contributed by atoms with Crippen molar-refractivity contribution in [1.29, 1.82) is 0 Å². The van der Waals surface area contributed by atoms with Crippen LogP contribution in [0, 0.1) is 0 Å². The quantitative estimate of drug-likeness (QED) is 0.396. The molecule has 0 spiro atoms. The molecule has 0 amide bonds. The van der Waals surface area contributed by atoms with Gasteiger partial charge < -0.3 is 9.72 Å². The Hall–Kier alpha value is -3.69. The molecule has 4 heterocycles. The number of H-pyrrole nitrogens is 1. The van der Waals surface area contributed by atoms with E-state index in [-0.39, 0.29) is 17.5 Å². The zero-order valence-electron chi connectivity index (χ0n) is 21.5. The number of aromatic nitrogens is 4. The van der Waals surface area contributed by atoms with Crippen LogP contribution in [0.1, 0.15) is 49.8 Å². The molecule has 1 aliphatic heterocycles. The number of ether oxygens (including phenoxy) is 1. The van der Waals surface area contributed by atoms with E-state index in [1.807, 2.05) is 42.1 Å². The maximum atomic E-state index is 14.6. The van der Waals surface area contributed by atoms with E-state index in [4.69, 9.17) is 4.74 Å². The average molecular weight is 531 g/mol. The van der Waals surface area contributed by atoms with Gasteiger partial charge in [-0.2, -0.15) is 5.10 Å². The maximum absolute atomic E-state index is 14.6. The molecule has 9 heteroatoms. The topological polar surface area (TPSA) is 99.0 Å². The van der Waals surface area contributed by atoms with Gasteiger partial charge in [-0.1, -0.05) is 49.4 Å². The molecule has 4 aromatic rings. The monoisotopic (exact) mass is 530 g/mol. The molecule has 1 saturated heterocycles. The van der Waals surface area contributed by atoms with Crippen molar-refractivity contribution < 1.29 is 13.2 Å². The summed E-state index contributed by atoms with van der Waals surface area (Å²) in [4.78, 5) is 15.4. The van der Waals surface area contributed by atoms with Crippen LogP contribution in [0.15, 0.2) is 95.3 Å². The zero-order valence-corrected chi connectivity index (χ0v) is 22.4. The summed E-state index contributed by atoms with van der Waals surface area (Å²) in [6.07, 6.45) is 10.8. The Morgan fingerprint density at radius 1 is 1.16 bits per heavy atom. The molecule has 3 aromatic heterocycles. The van der Waals surface area contributed by atoms with E-state index in [0.717, 1.165) is 20.7 Å². The number of pyridine rings is 1. The van der Waals surface area contributed by atoms with E-state index in [0.29, 0.717) is 24.2 Å². The number of nitrogens with one attached hydrogen (secondary N) is 1. The summed E-state index contributed by atoms with van der Waals surface area (Å²) >= 11 is 0. The standard InChI is InChI=1S/C29H30N4O4S/c1-19-13-23(20(2)21-7-5-4-6-8-21)14-26(24-15-31-32(16-24)25-17-37-18-25)29(19,3)38(35,36)33-12-10-22-9-11-30-28(34)27(22)33/h4-16,20,25-26H,17-18H2,1-3H3,(H,30,34). The lowest BCUT2D eigenvalue weighted by atomic mass is 9.75. The fraction of sp³-hybridized carbons (Fsp3) is 0.310. The normalized spacial score (nSPS) is 23.1. The molecule has 0 saturated carbocycles. The highest BCUT2D eigenvalue weighted by molar-refractivity contribution is 7.91. The third kappa shape index (κ3) is 3.64. The highest BCUT2D eigenvalue weighted by Gasteiger charge is 2.51. The highest BCUT2D eigenvalue weighted by Crippen LogP contribution is 2.48. The van der Waals surface area contributed by atoms with Crippen molar-refractivity contribution in [3.05, 3.63) is 112 Å². The van der Waals surface area contributed by atoms with Crippen LogP contribution in [-0.4, -0.2) is 45.1 Å². The van der Waals surface area contributed by atoms with Crippen LogP contribution in [0.25, 0.3) is 10.9 Å². The van der Waals surface area contributed by atoms with Crippen molar-refractivity contribution in [2.24, 2.45) is 0 Å². The van der Waals surface area contributed by atoms with Gasteiger partial charge in [0.05, 0.1) is 25.5 Å². The predicted octanol–water partition coefficient (Wildman–Crippen LogP) is 4.51. The first-order chi connectivity index (χ1) is 18.2.